The first kappa shape index (κ1) is 17.0. The van der Waals surface area contributed by atoms with Crippen LogP contribution in [0, 0.1) is 0 Å². The quantitative estimate of drug-likeness (QED) is 0.784. The molecule has 7 heteroatoms. The summed E-state index contributed by atoms with van der Waals surface area (Å²) < 4.78 is 11.9. The van der Waals surface area contributed by atoms with Gasteiger partial charge in [-0.3, -0.25) is 4.90 Å². The Hall–Kier alpha value is -2.83. The van der Waals surface area contributed by atoms with Crippen molar-refractivity contribution >= 4 is 12.1 Å². The summed E-state index contributed by atoms with van der Waals surface area (Å²) in [6.07, 6.45) is 1.42. The minimum atomic E-state index is -0.526. The van der Waals surface area contributed by atoms with Crippen LogP contribution in [0.5, 0.6) is 0 Å². The first-order valence-electron chi connectivity index (χ1n) is 8.01. The van der Waals surface area contributed by atoms with Gasteiger partial charge in [-0.05, 0) is 45.0 Å². The molecule has 1 amide bonds. The number of ether oxygens (including phenoxy) is 2. The van der Waals surface area contributed by atoms with Crippen molar-refractivity contribution in [3.8, 4) is 5.69 Å². The molecular formula is C18H21N3O4. The fourth-order valence-electron chi connectivity index (χ4n) is 2.69. The van der Waals surface area contributed by atoms with Crippen LogP contribution in [-0.2, 0) is 22.6 Å². The number of carbonyl (C=O) groups is 2. The molecule has 0 radical (unpaired) electrons. The van der Waals surface area contributed by atoms with Crippen molar-refractivity contribution in [3.05, 3.63) is 47.3 Å². The smallest absolute Gasteiger partial charge is 0.410 e. The second-order valence-corrected chi connectivity index (χ2v) is 6.90. The van der Waals surface area contributed by atoms with Crippen molar-refractivity contribution in [3.63, 3.8) is 0 Å². The fraction of sp³-hybridized carbons (Fsp3) is 0.389. The highest BCUT2D eigenvalue weighted by Crippen LogP contribution is 2.26. The number of methoxy groups -OCH3 is 1. The SMILES string of the molecule is COC(=O)c1ccc(-n2ncc3c2CN(C(=O)OC(C)(C)C)C3)cc1. The lowest BCUT2D eigenvalue weighted by Crippen LogP contribution is -2.33. The van der Waals surface area contributed by atoms with E-state index in [0.717, 1.165) is 16.9 Å². The number of hydrogen-bond acceptors (Lipinski definition) is 5. The molecule has 0 aliphatic carbocycles. The summed E-state index contributed by atoms with van der Waals surface area (Å²) in [7, 11) is 1.35. The Morgan fingerprint density at radius 3 is 2.40 bits per heavy atom. The predicted molar refractivity (Wildman–Crippen MR) is 90.4 cm³/mol. The van der Waals surface area contributed by atoms with Crippen molar-refractivity contribution in [2.24, 2.45) is 0 Å². The number of benzene rings is 1. The Morgan fingerprint density at radius 2 is 1.80 bits per heavy atom. The molecule has 0 spiro atoms. The van der Waals surface area contributed by atoms with Crippen molar-refractivity contribution in [2.45, 2.75) is 39.5 Å². The van der Waals surface area contributed by atoms with Gasteiger partial charge in [-0.25, -0.2) is 14.3 Å². The molecule has 1 aliphatic heterocycles. The standard InChI is InChI=1S/C18H21N3O4/c1-18(2,3)25-17(23)20-10-13-9-19-21(15(13)11-20)14-7-5-12(6-8-14)16(22)24-4/h5-9H,10-11H2,1-4H3. The molecule has 1 aliphatic rings. The third-order valence-corrected chi connectivity index (χ3v) is 3.84. The number of aromatic nitrogens is 2. The van der Waals surface area contributed by atoms with E-state index in [0.29, 0.717) is 18.7 Å². The molecule has 2 heterocycles. The summed E-state index contributed by atoms with van der Waals surface area (Å²) in [6, 6.07) is 6.98. The largest absolute Gasteiger partial charge is 0.465 e. The Morgan fingerprint density at radius 1 is 1.12 bits per heavy atom. The van der Waals surface area contributed by atoms with Crippen LogP contribution in [0.2, 0.25) is 0 Å². The van der Waals surface area contributed by atoms with Crippen LogP contribution >= 0.6 is 0 Å². The molecular weight excluding hydrogens is 322 g/mol. The number of fused-ring (bicyclic) bond motifs is 1. The van der Waals surface area contributed by atoms with E-state index in [2.05, 4.69) is 5.10 Å². The van der Waals surface area contributed by atoms with Gasteiger partial charge in [-0.1, -0.05) is 0 Å². The Balaban J connectivity index is 1.79. The van der Waals surface area contributed by atoms with E-state index in [9.17, 15) is 9.59 Å². The van der Waals surface area contributed by atoms with Gasteiger partial charge < -0.3 is 9.47 Å². The topological polar surface area (TPSA) is 73.7 Å². The zero-order chi connectivity index (χ0) is 18.2. The highest BCUT2D eigenvalue weighted by atomic mass is 16.6. The molecule has 132 valence electrons. The molecule has 0 N–H and O–H groups in total. The summed E-state index contributed by atoms with van der Waals surface area (Å²) >= 11 is 0. The van der Waals surface area contributed by atoms with Crippen molar-refractivity contribution in [1.82, 2.24) is 14.7 Å². The van der Waals surface area contributed by atoms with Crippen LogP contribution in [0.3, 0.4) is 0 Å². The molecule has 0 fully saturated rings. The molecule has 0 atom stereocenters. The van der Waals surface area contributed by atoms with Crippen LogP contribution in [-0.4, -0.2) is 39.5 Å². The number of amides is 1. The van der Waals surface area contributed by atoms with Crippen LogP contribution in [0.25, 0.3) is 5.69 Å². The Labute approximate surface area is 146 Å². The summed E-state index contributed by atoms with van der Waals surface area (Å²) in [5.74, 6) is -0.381. The molecule has 1 aromatic carbocycles. The first-order valence-corrected chi connectivity index (χ1v) is 8.01. The van der Waals surface area contributed by atoms with Gasteiger partial charge in [-0.15, -0.1) is 0 Å². The van der Waals surface area contributed by atoms with Gasteiger partial charge in [-0.2, -0.15) is 5.10 Å². The molecule has 1 aromatic heterocycles. The van der Waals surface area contributed by atoms with Gasteiger partial charge >= 0.3 is 12.1 Å². The third-order valence-electron chi connectivity index (χ3n) is 3.84. The summed E-state index contributed by atoms with van der Waals surface area (Å²) in [5.41, 5.74) is 2.70. The maximum atomic E-state index is 12.3. The van der Waals surface area contributed by atoms with Crippen LogP contribution < -0.4 is 0 Å². The third kappa shape index (κ3) is 3.50. The highest BCUT2D eigenvalue weighted by Gasteiger charge is 2.30. The minimum Gasteiger partial charge on any atom is -0.465 e. The molecule has 0 saturated carbocycles. The first-order chi connectivity index (χ1) is 11.8. The lowest BCUT2D eigenvalue weighted by atomic mass is 10.2. The molecule has 0 saturated heterocycles. The van der Waals surface area contributed by atoms with Gasteiger partial charge in [0.2, 0.25) is 0 Å². The van der Waals surface area contributed by atoms with E-state index < -0.39 is 5.60 Å². The van der Waals surface area contributed by atoms with E-state index in [1.54, 1.807) is 40.0 Å². The lowest BCUT2D eigenvalue weighted by Gasteiger charge is -2.24. The molecule has 2 aromatic rings. The van der Waals surface area contributed by atoms with Crippen molar-refractivity contribution < 1.29 is 19.1 Å². The monoisotopic (exact) mass is 343 g/mol. The Bertz CT molecular complexity index is 803. The fourth-order valence-corrected chi connectivity index (χ4v) is 2.69. The summed E-state index contributed by atoms with van der Waals surface area (Å²) in [6.45, 7) is 6.45. The molecule has 7 nitrogen and oxygen atoms in total. The summed E-state index contributed by atoms with van der Waals surface area (Å²) in [4.78, 5) is 25.4. The van der Waals surface area contributed by atoms with E-state index in [-0.39, 0.29) is 12.1 Å². The number of hydrogen-bond donors (Lipinski definition) is 0. The van der Waals surface area contributed by atoms with Crippen molar-refractivity contribution in [2.75, 3.05) is 7.11 Å². The number of carbonyl (C=O) groups excluding carboxylic acids is 2. The maximum absolute atomic E-state index is 12.3. The average Bonchev–Trinajstić information content (AvgIpc) is 3.13. The molecule has 0 unspecified atom stereocenters. The zero-order valence-corrected chi connectivity index (χ0v) is 14.8. The number of nitrogens with zero attached hydrogens (tertiary/aromatic N) is 3. The molecule has 0 bridgehead atoms. The average molecular weight is 343 g/mol. The predicted octanol–water partition coefficient (Wildman–Crippen LogP) is 2.91. The van der Waals surface area contributed by atoms with E-state index >= 15 is 0 Å². The van der Waals surface area contributed by atoms with Crippen LogP contribution in [0.15, 0.2) is 30.5 Å². The van der Waals surface area contributed by atoms with Gasteiger partial charge in [0, 0.05) is 5.56 Å². The Kier molecular flexibility index (Phi) is 4.24. The van der Waals surface area contributed by atoms with Crippen LogP contribution in [0.4, 0.5) is 4.79 Å². The second kappa shape index (κ2) is 6.23. The van der Waals surface area contributed by atoms with E-state index in [4.69, 9.17) is 9.47 Å². The van der Waals surface area contributed by atoms with Gasteiger partial charge in [0.25, 0.3) is 0 Å². The van der Waals surface area contributed by atoms with Gasteiger partial charge in [0.05, 0.1) is 43.3 Å². The highest BCUT2D eigenvalue weighted by molar-refractivity contribution is 5.89. The minimum absolute atomic E-state index is 0.337. The normalized spacial score (nSPS) is 13.5. The zero-order valence-electron chi connectivity index (χ0n) is 14.8. The molecule has 3 rings (SSSR count). The second-order valence-electron chi connectivity index (χ2n) is 6.90. The van der Waals surface area contributed by atoms with Gasteiger partial charge in [0.1, 0.15) is 5.60 Å². The van der Waals surface area contributed by atoms with E-state index in [1.165, 1.54) is 7.11 Å². The van der Waals surface area contributed by atoms with Gasteiger partial charge in [0.15, 0.2) is 0 Å². The lowest BCUT2D eigenvalue weighted by molar-refractivity contribution is 0.0238. The summed E-state index contributed by atoms with van der Waals surface area (Å²) in [5, 5.41) is 4.39. The molecule has 25 heavy (non-hydrogen) atoms. The number of esters is 1. The van der Waals surface area contributed by atoms with E-state index in [1.807, 2.05) is 20.8 Å². The van der Waals surface area contributed by atoms with Crippen LogP contribution in [0.1, 0.15) is 42.4 Å². The number of rotatable bonds is 2. The van der Waals surface area contributed by atoms with Crippen molar-refractivity contribution in [1.29, 1.82) is 0 Å². The maximum Gasteiger partial charge on any atom is 0.410 e.